The molecule has 0 aliphatic carbocycles. The Labute approximate surface area is 136 Å². The van der Waals surface area contributed by atoms with Gasteiger partial charge in [-0.1, -0.05) is 48.0 Å². The maximum atomic E-state index is 9.46. The predicted octanol–water partition coefficient (Wildman–Crippen LogP) is 5.22. The molecule has 2 nitrogen and oxygen atoms in total. The van der Waals surface area contributed by atoms with E-state index in [0.717, 1.165) is 27.6 Å². The first-order valence-corrected chi connectivity index (χ1v) is 7.46. The Morgan fingerprint density at radius 1 is 0.957 bits per heavy atom. The van der Waals surface area contributed by atoms with E-state index in [1.807, 2.05) is 67.6 Å². The van der Waals surface area contributed by atoms with E-state index in [1.165, 1.54) is 5.56 Å². The molecule has 0 heterocycles. The highest BCUT2D eigenvalue weighted by Gasteiger charge is 2.02. The van der Waals surface area contributed by atoms with Gasteiger partial charge in [-0.15, -0.1) is 0 Å². The molecule has 0 atom stereocenters. The smallest absolute Gasteiger partial charge is 0.119 e. The van der Waals surface area contributed by atoms with Crippen molar-refractivity contribution >= 4 is 22.4 Å². The van der Waals surface area contributed by atoms with Gasteiger partial charge >= 0.3 is 0 Å². The van der Waals surface area contributed by atoms with E-state index in [4.69, 9.17) is 4.74 Å². The van der Waals surface area contributed by atoms with Crippen LogP contribution in [0, 0.1) is 18.3 Å². The predicted molar refractivity (Wildman–Crippen MR) is 95.2 cm³/mol. The molecule has 0 bridgehead atoms. The third-order valence-corrected chi connectivity index (χ3v) is 3.87. The molecule has 0 amide bonds. The Bertz CT molecular complexity index is 915. The molecule has 0 saturated heterocycles. The molecular weight excluding hydrogens is 282 g/mol. The number of methoxy groups -OCH3 is 1. The Morgan fingerprint density at radius 2 is 1.65 bits per heavy atom. The molecule has 0 spiro atoms. The molecule has 23 heavy (non-hydrogen) atoms. The van der Waals surface area contributed by atoms with Crippen LogP contribution < -0.4 is 4.74 Å². The summed E-state index contributed by atoms with van der Waals surface area (Å²) < 4.78 is 5.25. The molecule has 0 aliphatic rings. The number of nitrogens with zero attached hydrogens (tertiary/aromatic N) is 1. The molecule has 0 aromatic heterocycles. The molecule has 112 valence electrons. The summed E-state index contributed by atoms with van der Waals surface area (Å²) in [7, 11) is 1.67. The van der Waals surface area contributed by atoms with Crippen molar-refractivity contribution in [3.05, 3.63) is 77.4 Å². The van der Waals surface area contributed by atoms with E-state index in [0.29, 0.717) is 5.57 Å². The fourth-order valence-electron chi connectivity index (χ4n) is 2.54. The van der Waals surface area contributed by atoms with Gasteiger partial charge in [0.25, 0.3) is 0 Å². The summed E-state index contributed by atoms with van der Waals surface area (Å²) >= 11 is 0. The number of fused-ring (bicyclic) bond motifs is 1. The highest BCUT2D eigenvalue weighted by atomic mass is 16.5. The Kier molecular flexibility index (Phi) is 4.12. The van der Waals surface area contributed by atoms with Gasteiger partial charge in [-0.3, -0.25) is 0 Å². The van der Waals surface area contributed by atoms with Crippen molar-refractivity contribution in [3.63, 3.8) is 0 Å². The molecule has 0 saturated carbocycles. The fourth-order valence-corrected chi connectivity index (χ4v) is 2.54. The van der Waals surface area contributed by atoms with Gasteiger partial charge < -0.3 is 4.74 Å². The third kappa shape index (κ3) is 3.25. The van der Waals surface area contributed by atoms with E-state index in [1.54, 1.807) is 7.11 Å². The zero-order valence-electron chi connectivity index (χ0n) is 13.2. The SMILES string of the molecule is COc1ccc2cc(C=C(C#N)c3ccc(C)cc3)ccc2c1. The molecule has 0 fully saturated rings. The average Bonchev–Trinajstić information content (AvgIpc) is 2.60. The number of rotatable bonds is 3. The quantitative estimate of drug-likeness (QED) is 0.490. The van der Waals surface area contributed by atoms with E-state index < -0.39 is 0 Å². The van der Waals surface area contributed by atoms with Crippen LogP contribution in [0.2, 0.25) is 0 Å². The lowest BCUT2D eigenvalue weighted by molar-refractivity contribution is 0.415. The van der Waals surface area contributed by atoms with Crippen molar-refractivity contribution in [2.45, 2.75) is 6.92 Å². The van der Waals surface area contributed by atoms with Crippen LogP contribution >= 0.6 is 0 Å². The molecule has 3 aromatic rings. The minimum absolute atomic E-state index is 0.665. The number of hydrogen-bond acceptors (Lipinski definition) is 2. The monoisotopic (exact) mass is 299 g/mol. The molecular formula is C21H17NO. The molecule has 0 radical (unpaired) electrons. The average molecular weight is 299 g/mol. The zero-order valence-corrected chi connectivity index (χ0v) is 13.2. The maximum absolute atomic E-state index is 9.46. The highest BCUT2D eigenvalue weighted by Crippen LogP contribution is 2.24. The normalized spacial score (nSPS) is 11.3. The molecule has 0 unspecified atom stereocenters. The summed E-state index contributed by atoms with van der Waals surface area (Å²) in [6.45, 7) is 2.04. The van der Waals surface area contributed by atoms with Gasteiger partial charge in [-0.25, -0.2) is 0 Å². The van der Waals surface area contributed by atoms with E-state index in [2.05, 4.69) is 12.1 Å². The number of benzene rings is 3. The number of hydrogen-bond donors (Lipinski definition) is 0. The Morgan fingerprint density at radius 3 is 2.35 bits per heavy atom. The summed E-state index contributed by atoms with van der Waals surface area (Å²) in [5.74, 6) is 0.846. The minimum atomic E-state index is 0.665. The molecule has 0 aliphatic heterocycles. The van der Waals surface area contributed by atoms with Crippen molar-refractivity contribution < 1.29 is 4.74 Å². The third-order valence-electron chi connectivity index (χ3n) is 3.87. The van der Waals surface area contributed by atoms with Crippen molar-refractivity contribution in [1.82, 2.24) is 0 Å². The number of aryl methyl sites for hydroxylation is 1. The largest absolute Gasteiger partial charge is 0.497 e. The van der Waals surface area contributed by atoms with Crippen LogP contribution in [-0.2, 0) is 0 Å². The van der Waals surface area contributed by atoms with Crippen LogP contribution in [0.4, 0.5) is 0 Å². The number of allylic oxidation sites excluding steroid dienone is 1. The first-order chi connectivity index (χ1) is 11.2. The van der Waals surface area contributed by atoms with Gasteiger partial charge in [0.2, 0.25) is 0 Å². The zero-order chi connectivity index (χ0) is 16.2. The second-order valence-electron chi connectivity index (χ2n) is 5.51. The van der Waals surface area contributed by atoms with Crippen LogP contribution in [0.15, 0.2) is 60.7 Å². The Hall–Kier alpha value is -3.05. The van der Waals surface area contributed by atoms with E-state index in [9.17, 15) is 5.26 Å². The number of ether oxygens (including phenoxy) is 1. The van der Waals surface area contributed by atoms with Gasteiger partial charge in [0.1, 0.15) is 5.75 Å². The van der Waals surface area contributed by atoms with Gasteiger partial charge in [0, 0.05) is 0 Å². The lowest BCUT2D eigenvalue weighted by atomic mass is 10.0. The van der Waals surface area contributed by atoms with Gasteiger partial charge in [0.05, 0.1) is 18.8 Å². The van der Waals surface area contributed by atoms with Gasteiger partial charge in [-0.05, 0) is 53.1 Å². The van der Waals surface area contributed by atoms with Gasteiger partial charge in [0.15, 0.2) is 0 Å². The second-order valence-corrected chi connectivity index (χ2v) is 5.51. The lowest BCUT2D eigenvalue weighted by Crippen LogP contribution is -1.84. The minimum Gasteiger partial charge on any atom is -0.497 e. The standard InChI is InChI=1S/C21H17NO/c1-15-3-6-17(7-4-15)20(14-22)12-16-5-8-19-13-21(23-2)10-9-18(19)11-16/h3-13H,1-2H3. The Balaban J connectivity index is 2.01. The van der Waals surface area contributed by atoms with Crippen molar-refractivity contribution in [2.75, 3.05) is 7.11 Å². The molecule has 3 rings (SSSR count). The van der Waals surface area contributed by atoms with Crippen molar-refractivity contribution in [1.29, 1.82) is 5.26 Å². The van der Waals surface area contributed by atoms with Crippen LogP contribution in [0.3, 0.4) is 0 Å². The first-order valence-electron chi connectivity index (χ1n) is 7.46. The van der Waals surface area contributed by atoms with Gasteiger partial charge in [-0.2, -0.15) is 5.26 Å². The van der Waals surface area contributed by atoms with Crippen molar-refractivity contribution in [2.24, 2.45) is 0 Å². The molecule has 3 aromatic carbocycles. The summed E-state index contributed by atoms with van der Waals surface area (Å²) in [6, 6.07) is 22.4. The number of nitriles is 1. The fraction of sp³-hybridized carbons (Fsp3) is 0.0952. The lowest BCUT2D eigenvalue weighted by Gasteiger charge is -2.05. The van der Waals surface area contributed by atoms with Crippen LogP contribution in [0.25, 0.3) is 22.4 Å². The first kappa shape index (κ1) is 14.9. The summed E-state index contributed by atoms with van der Waals surface area (Å²) in [4.78, 5) is 0. The summed E-state index contributed by atoms with van der Waals surface area (Å²) in [5, 5.41) is 11.7. The molecule has 0 N–H and O–H groups in total. The maximum Gasteiger partial charge on any atom is 0.119 e. The second kappa shape index (κ2) is 6.37. The van der Waals surface area contributed by atoms with E-state index in [-0.39, 0.29) is 0 Å². The highest BCUT2D eigenvalue weighted by molar-refractivity contribution is 5.93. The van der Waals surface area contributed by atoms with Crippen LogP contribution in [0.1, 0.15) is 16.7 Å². The topological polar surface area (TPSA) is 33.0 Å². The van der Waals surface area contributed by atoms with Crippen LogP contribution in [-0.4, -0.2) is 7.11 Å². The van der Waals surface area contributed by atoms with E-state index >= 15 is 0 Å². The summed E-state index contributed by atoms with van der Waals surface area (Å²) in [5.41, 5.74) is 3.80. The van der Waals surface area contributed by atoms with Crippen LogP contribution in [0.5, 0.6) is 5.75 Å². The van der Waals surface area contributed by atoms with Crippen molar-refractivity contribution in [3.8, 4) is 11.8 Å². The summed E-state index contributed by atoms with van der Waals surface area (Å²) in [6.07, 6.45) is 1.92. The molecule has 2 heteroatoms.